The summed E-state index contributed by atoms with van der Waals surface area (Å²) in [5.74, 6) is 2.15. The number of carbonyl (C=O) groups is 1. The molecule has 3 heterocycles. The summed E-state index contributed by atoms with van der Waals surface area (Å²) < 4.78 is 14.3. The third-order valence-electron chi connectivity index (χ3n) is 6.63. The fourth-order valence-electron chi connectivity index (χ4n) is 4.93. The highest BCUT2D eigenvalue weighted by Gasteiger charge is 2.34. The van der Waals surface area contributed by atoms with Crippen molar-refractivity contribution in [3.63, 3.8) is 0 Å². The predicted octanol–water partition coefficient (Wildman–Crippen LogP) is 4.10. The van der Waals surface area contributed by atoms with E-state index in [4.69, 9.17) is 9.47 Å². The van der Waals surface area contributed by atoms with E-state index in [1.54, 1.807) is 14.0 Å². The molecule has 1 fully saturated rings. The second-order valence-corrected chi connectivity index (χ2v) is 9.17. The zero-order valence-corrected chi connectivity index (χ0v) is 19.2. The summed E-state index contributed by atoms with van der Waals surface area (Å²) in [5, 5.41) is 0. The van der Waals surface area contributed by atoms with E-state index >= 15 is 0 Å². The Morgan fingerprint density at radius 1 is 1.26 bits per heavy atom. The maximum atomic E-state index is 12.3. The van der Waals surface area contributed by atoms with Gasteiger partial charge in [0.15, 0.2) is 0 Å². The number of benzene rings is 1. The fraction of sp³-hybridized carbons (Fsp3) is 0.560. The number of ether oxygens (including phenoxy) is 2. The quantitative estimate of drug-likeness (QED) is 0.724. The van der Waals surface area contributed by atoms with Gasteiger partial charge in [-0.25, -0.2) is 0 Å². The van der Waals surface area contributed by atoms with Crippen LogP contribution in [0.5, 0.6) is 11.5 Å². The normalized spacial score (nSPS) is 22.0. The number of rotatable bonds is 5. The van der Waals surface area contributed by atoms with Crippen LogP contribution in [0.25, 0.3) is 0 Å². The van der Waals surface area contributed by atoms with Gasteiger partial charge in [0.25, 0.3) is 0 Å². The van der Waals surface area contributed by atoms with Gasteiger partial charge in [0, 0.05) is 56.0 Å². The van der Waals surface area contributed by atoms with Crippen LogP contribution in [0.15, 0.2) is 36.5 Å². The molecule has 0 saturated carbocycles. The minimum Gasteiger partial charge on any atom is -0.497 e. The summed E-state index contributed by atoms with van der Waals surface area (Å²) in [6.07, 6.45) is 4.45. The highest BCUT2D eigenvalue weighted by Crippen LogP contribution is 2.33. The molecule has 1 saturated heterocycles. The average Bonchev–Trinajstić information content (AvgIpc) is 3.12. The summed E-state index contributed by atoms with van der Waals surface area (Å²) in [6.45, 7) is 10.4. The van der Waals surface area contributed by atoms with Crippen LogP contribution in [-0.4, -0.2) is 53.1 Å². The van der Waals surface area contributed by atoms with Crippen molar-refractivity contribution in [2.45, 2.75) is 58.8 Å². The molecule has 31 heavy (non-hydrogen) atoms. The Bertz CT molecular complexity index is 907. The van der Waals surface area contributed by atoms with E-state index in [1.165, 1.54) is 5.69 Å². The first kappa shape index (κ1) is 21.8. The molecule has 168 valence electrons. The highest BCUT2D eigenvalue weighted by molar-refractivity contribution is 5.73. The summed E-state index contributed by atoms with van der Waals surface area (Å²) in [7, 11) is 1.66. The second-order valence-electron chi connectivity index (χ2n) is 9.17. The molecule has 2 atom stereocenters. The number of fused-ring (bicyclic) bond motifs is 1. The number of carbonyl (C=O) groups excluding carboxylic acids is 1. The lowest BCUT2D eigenvalue weighted by Crippen LogP contribution is -2.46. The minimum absolute atomic E-state index is 0.00164. The summed E-state index contributed by atoms with van der Waals surface area (Å²) in [4.78, 5) is 16.8. The van der Waals surface area contributed by atoms with Gasteiger partial charge in [0.2, 0.25) is 5.91 Å². The molecule has 1 aromatic heterocycles. The molecule has 4 rings (SSSR count). The Labute approximate surface area is 185 Å². The van der Waals surface area contributed by atoms with Crippen LogP contribution < -0.4 is 9.47 Å². The number of amides is 1. The van der Waals surface area contributed by atoms with Crippen LogP contribution in [0.2, 0.25) is 0 Å². The molecule has 2 aliphatic heterocycles. The monoisotopic (exact) mass is 425 g/mol. The van der Waals surface area contributed by atoms with Crippen LogP contribution >= 0.6 is 0 Å². The number of likely N-dealkylation sites (tertiary alicyclic amines) is 1. The largest absolute Gasteiger partial charge is 0.497 e. The van der Waals surface area contributed by atoms with Gasteiger partial charge in [-0.15, -0.1) is 0 Å². The van der Waals surface area contributed by atoms with Crippen LogP contribution in [0.1, 0.15) is 50.9 Å². The molecule has 1 amide bonds. The van der Waals surface area contributed by atoms with E-state index in [9.17, 15) is 4.79 Å². The van der Waals surface area contributed by atoms with Gasteiger partial charge in [-0.2, -0.15) is 0 Å². The Hall–Kier alpha value is -2.47. The zero-order chi connectivity index (χ0) is 22.0. The fourth-order valence-corrected chi connectivity index (χ4v) is 4.93. The molecule has 0 unspecified atom stereocenters. The number of aromatic nitrogens is 1. The Kier molecular flexibility index (Phi) is 6.56. The molecule has 0 spiro atoms. The molecule has 2 aromatic rings. The van der Waals surface area contributed by atoms with E-state index < -0.39 is 0 Å². The lowest BCUT2D eigenvalue weighted by Gasteiger charge is -2.37. The lowest BCUT2D eigenvalue weighted by atomic mass is 9.91. The van der Waals surface area contributed by atoms with Gasteiger partial charge in [-0.1, -0.05) is 0 Å². The van der Waals surface area contributed by atoms with Crippen LogP contribution in [0.3, 0.4) is 0 Å². The van der Waals surface area contributed by atoms with E-state index in [-0.39, 0.29) is 12.0 Å². The van der Waals surface area contributed by atoms with E-state index in [0.29, 0.717) is 25.0 Å². The maximum absolute atomic E-state index is 12.3. The van der Waals surface area contributed by atoms with Crippen molar-refractivity contribution in [2.75, 3.05) is 26.7 Å². The SMILES string of the molecule is COc1ccc2c(c1)CN(C(C)=O)C[C@@H]([C@H]1CCCN(Cc3cccn3C(C)C)C1)O2. The maximum Gasteiger partial charge on any atom is 0.219 e. The molecule has 2 aliphatic rings. The summed E-state index contributed by atoms with van der Waals surface area (Å²) in [6, 6.07) is 10.7. The number of piperidine rings is 1. The molecule has 0 N–H and O–H groups in total. The first-order chi connectivity index (χ1) is 14.9. The minimum atomic E-state index is -0.00164. The van der Waals surface area contributed by atoms with Crippen LogP contribution in [0, 0.1) is 5.92 Å². The summed E-state index contributed by atoms with van der Waals surface area (Å²) >= 11 is 0. The molecule has 0 radical (unpaired) electrons. The topological polar surface area (TPSA) is 46.9 Å². The number of nitrogens with zero attached hydrogens (tertiary/aromatic N) is 3. The molecule has 6 nitrogen and oxygen atoms in total. The first-order valence-electron chi connectivity index (χ1n) is 11.4. The highest BCUT2D eigenvalue weighted by atomic mass is 16.5. The first-order valence-corrected chi connectivity index (χ1v) is 11.4. The van der Waals surface area contributed by atoms with E-state index in [0.717, 1.165) is 49.5 Å². The third-order valence-corrected chi connectivity index (χ3v) is 6.63. The molecular weight excluding hydrogens is 390 g/mol. The van der Waals surface area contributed by atoms with Gasteiger partial charge in [-0.05, 0) is 63.6 Å². The molecular formula is C25H35N3O3. The number of hydrogen-bond acceptors (Lipinski definition) is 4. The smallest absolute Gasteiger partial charge is 0.219 e. The molecule has 6 heteroatoms. The third kappa shape index (κ3) is 4.90. The predicted molar refractivity (Wildman–Crippen MR) is 121 cm³/mol. The second kappa shape index (κ2) is 9.35. The molecule has 1 aromatic carbocycles. The van der Waals surface area contributed by atoms with Crippen LogP contribution in [-0.2, 0) is 17.9 Å². The van der Waals surface area contributed by atoms with Crippen molar-refractivity contribution < 1.29 is 14.3 Å². The van der Waals surface area contributed by atoms with Crippen molar-refractivity contribution in [1.82, 2.24) is 14.4 Å². The van der Waals surface area contributed by atoms with Crippen LogP contribution in [0.4, 0.5) is 0 Å². The Morgan fingerprint density at radius 2 is 2.10 bits per heavy atom. The number of methoxy groups -OCH3 is 1. The van der Waals surface area contributed by atoms with Crippen molar-refractivity contribution in [1.29, 1.82) is 0 Å². The standard InChI is InChI=1S/C25H35N3O3/c1-18(2)28-12-6-8-22(28)16-26-11-5-7-20(14-26)25-17-27(19(3)29)15-21-13-23(30-4)9-10-24(21)31-25/h6,8-10,12-13,18,20,25H,5,7,11,14-17H2,1-4H3/t20-,25-/m0/s1. The van der Waals surface area contributed by atoms with Gasteiger partial charge in [-0.3, -0.25) is 9.69 Å². The van der Waals surface area contributed by atoms with E-state index in [1.807, 2.05) is 23.1 Å². The van der Waals surface area contributed by atoms with Gasteiger partial charge >= 0.3 is 0 Å². The number of hydrogen-bond donors (Lipinski definition) is 0. The zero-order valence-electron chi connectivity index (χ0n) is 19.2. The van der Waals surface area contributed by atoms with Crippen molar-refractivity contribution in [3.8, 4) is 11.5 Å². The van der Waals surface area contributed by atoms with Gasteiger partial charge < -0.3 is 18.9 Å². The summed E-state index contributed by atoms with van der Waals surface area (Å²) in [5.41, 5.74) is 2.37. The Balaban J connectivity index is 1.51. The van der Waals surface area contributed by atoms with Crippen molar-refractivity contribution in [2.24, 2.45) is 5.92 Å². The lowest BCUT2D eigenvalue weighted by molar-refractivity contribution is -0.130. The van der Waals surface area contributed by atoms with Gasteiger partial charge in [0.05, 0.1) is 13.7 Å². The van der Waals surface area contributed by atoms with Crippen molar-refractivity contribution in [3.05, 3.63) is 47.8 Å². The molecule has 0 aliphatic carbocycles. The Morgan fingerprint density at radius 3 is 2.84 bits per heavy atom. The van der Waals surface area contributed by atoms with E-state index in [2.05, 4.69) is 41.6 Å². The van der Waals surface area contributed by atoms with Gasteiger partial charge in [0.1, 0.15) is 17.6 Å². The average molecular weight is 426 g/mol. The van der Waals surface area contributed by atoms with Crippen molar-refractivity contribution >= 4 is 5.91 Å². The molecule has 0 bridgehead atoms.